The van der Waals surface area contributed by atoms with E-state index in [0.717, 1.165) is 6.42 Å². The lowest BCUT2D eigenvalue weighted by molar-refractivity contribution is -0.140. The van der Waals surface area contributed by atoms with Gasteiger partial charge in [0.1, 0.15) is 17.3 Å². The number of esters is 1. The molecule has 37 heavy (non-hydrogen) atoms. The number of likely N-dealkylation sites (tertiary alicyclic amines) is 1. The summed E-state index contributed by atoms with van der Waals surface area (Å²) in [6.07, 6.45) is 0.805. The van der Waals surface area contributed by atoms with Crippen LogP contribution in [0.1, 0.15) is 46.4 Å². The van der Waals surface area contributed by atoms with Crippen LogP contribution in [0.4, 0.5) is 0 Å². The molecule has 1 aliphatic heterocycles. The summed E-state index contributed by atoms with van der Waals surface area (Å²) in [6, 6.07) is 18.4. The molecule has 0 radical (unpaired) electrons. The number of benzene rings is 3. The molecule has 1 amide bonds. The number of hydrogen-bond acceptors (Lipinski definition) is 7. The minimum absolute atomic E-state index is 0.0305. The summed E-state index contributed by atoms with van der Waals surface area (Å²) < 4.78 is 10.4. The van der Waals surface area contributed by atoms with Crippen molar-refractivity contribution < 1.29 is 34.1 Å². The summed E-state index contributed by atoms with van der Waals surface area (Å²) in [5, 5.41) is 21.4. The molecule has 0 bridgehead atoms. The Hall–Kier alpha value is -4.59. The Kier molecular flexibility index (Phi) is 7.57. The Morgan fingerprint density at radius 2 is 1.70 bits per heavy atom. The highest BCUT2D eigenvalue weighted by molar-refractivity contribution is 6.46. The van der Waals surface area contributed by atoms with Crippen LogP contribution < -0.4 is 4.74 Å². The van der Waals surface area contributed by atoms with Crippen molar-refractivity contribution in [3.8, 4) is 11.5 Å². The Bertz CT molecular complexity index is 1360. The van der Waals surface area contributed by atoms with Gasteiger partial charge >= 0.3 is 5.97 Å². The fraction of sp³-hybridized carbons (Fsp3) is 0.207. The number of aliphatic hydroxyl groups is 1. The van der Waals surface area contributed by atoms with Crippen LogP contribution in [0.2, 0.25) is 0 Å². The predicted molar refractivity (Wildman–Crippen MR) is 136 cm³/mol. The molecule has 3 aromatic rings. The van der Waals surface area contributed by atoms with Crippen molar-refractivity contribution in [3.05, 3.63) is 101 Å². The van der Waals surface area contributed by atoms with Gasteiger partial charge in [0.2, 0.25) is 0 Å². The van der Waals surface area contributed by atoms with Crippen LogP contribution in [0.5, 0.6) is 11.5 Å². The maximum absolute atomic E-state index is 13.3. The van der Waals surface area contributed by atoms with Crippen LogP contribution in [0.3, 0.4) is 0 Å². The maximum atomic E-state index is 13.3. The van der Waals surface area contributed by atoms with Gasteiger partial charge in [-0.05, 0) is 53.9 Å². The number of Topliss-reactive ketones (excluding diaryl/α,β-unsaturated/α-hetero) is 1. The maximum Gasteiger partial charge on any atom is 0.337 e. The third-order valence-corrected chi connectivity index (χ3v) is 6.03. The first-order valence-electron chi connectivity index (χ1n) is 11.8. The number of hydrogen-bond donors (Lipinski definition) is 2. The lowest BCUT2D eigenvalue weighted by Crippen LogP contribution is -2.29. The molecule has 1 unspecified atom stereocenters. The number of ketones is 1. The number of aliphatic hydroxyl groups excluding tert-OH is 1. The van der Waals surface area contributed by atoms with Crippen molar-refractivity contribution in [3.63, 3.8) is 0 Å². The van der Waals surface area contributed by atoms with E-state index in [1.54, 1.807) is 60.7 Å². The monoisotopic (exact) mass is 501 g/mol. The first-order chi connectivity index (χ1) is 17.8. The molecule has 1 heterocycles. The molecule has 1 atom stereocenters. The summed E-state index contributed by atoms with van der Waals surface area (Å²) in [7, 11) is 1.29. The molecule has 1 aliphatic rings. The Labute approximate surface area is 214 Å². The number of carbonyl (C=O) groups excluding carboxylic acids is 3. The molecule has 8 heteroatoms. The third-order valence-electron chi connectivity index (χ3n) is 6.03. The van der Waals surface area contributed by atoms with Crippen molar-refractivity contribution in [1.82, 2.24) is 4.90 Å². The number of ether oxygens (including phenoxy) is 2. The number of aromatic hydroxyl groups is 1. The smallest absolute Gasteiger partial charge is 0.337 e. The van der Waals surface area contributed by atoms with E-state index in [1.807, 2.05) is 6.92 Å². The molecular formula is C29H27NO7. The van der Waals surface area contributed by atoms with E-state index < -0.39 is 23.7 Å². The zero-order valence-electron chi connectivity index (χ0n) is 20.5. The van der Waals surface area contributed by atoms with Gasteiger partial charge in [-0.3, -0.25) is 9.59 Å². The summed E-state index contributed by atoms with van der Waals surface area (Å²) >= 11 is 0. The van der Waals surface area contributed by atoms with Gasteiger partial charge in [0, 0.05) is 12.1 Å². The largest absolute Gasteiger partial charge is 0.508 e. The number of phenols is 1. The highest BCUT2D eigenvalue weighted by atomic mass is 16.5. The zero-order chi connectivity index (χ0) is 26.5. The Morgan fingerprint density at radius 3 is 2.38 bits per heavy atom. The minimum Gasteiger partial charge on any atom is -0.508 e. The van der Waals surface area contributed by atoms with Gasteiger partial charge in [0.05, 0.1) is 30.9 Å². The number of nitrogens with zero attached hydrogens (tertiary/aromatic N) is 1. The van der Waals surface area contributed by atoms with Crippen LogP contribution in [-0.2, 0) is 20.9 Å². The van der Waals surface area contributed by atoms with Crippen molar-refractivity contribution in [2.24, 2.45) is 0 Å². The molecule has 0 aromatic heterocycles. The number of rotatable bonds is 8. The Morgan fingerprint density at radius 1 is 0.973 bits per heavy atom. The lowest BCUT2D eigenvalue weighted by Gasteiger charge is -2.25. The van der Waals surface area contributed by atoms with Crippen LogP contribution in [0, 0.1) is 0 Å². The predicted octanol–water partition coefficient (Wildman–Crippen LogP) is 4.59. The van der Waals surface area contributed by atoms with Crippen molar-refractivity contribution in [2.75, 3.05) is 13.7 Å². The highest BCUT2D eigenvalue weighted by Gasteiger charge is 2.46. The van der Waals surface area contributed by atoms with Crippen LogP contribution >= 0.6 is 0 Å². The highest BCUT2D eigenvalue weighted by Crippen LogP contribution is 2.41. The van der Waals surface area contributed by atoms with Gasteiger partial charge < -0.3 is 24.6 Å². The van der Waals surface area contributed by atoms with E-state index in [9.17, 15) is 24.6 Å². The van der Waals surface area contributed by atoms with Crippen molar-refractivity contribution in [1.29, 1.82) is 0 Å². The van der Waals surface area contributed by atoms with Gasteiger partial charge in [-0.1, -0.05) is 43.3 Å². The second-order valence-corrected chi connectivity index (χ2v) is 8.59. The van der Waals surface area contributed by atoms with Gasteiger partial charge in [0.15, 0.2) is 0 Å². The fourth-order valence-electron chi connectivity index (χ4n) is 4.25. The number of amides is 1. The molecule has 1 fully saturated rings. The second kappa shape index (κ2) is 11.0. The summed E-state index contributed by atoms with van der Waals surface area (Å²) in [5.74, 6) is -1.96. The zero-order valence-corrected chi connectivity index (χ0v) is 20.5. The van der Waals surface area contributed by atoms with E-state index in [0.29, 0.717) is 34.6 Å². The van der Waals surface area contributed by atoms with Crippen LogP contribution in [0.15, 0.2) is 78.4 Å². The van der Waals surface area contributed by atoms with Gasteiger partial charge in [0.25, 0.3) is 11.7 Å². The normalized spacial score (nSPS) is 16.6. The number of methoxy groups -OCH3 is 1. The molecule has 0 aliphatic carbocycles. The van der Waals surface area contributed by atoms with Crippen molar-refractivity contribution in [2.45, 2.75) is 25.9 Å². The van der Waals surface area contributed by atoms with E-state index >= 15 is 0 Å². The lowest BCUT2D eigenvalue weighted by atomic mass is 9.95. The summed E-state index contributed by atoms with van der Waals surface area (Å²) in [4.78, 5) is 39.6. The molecule has 190 valence electrons. The minimum atomic E-state index is -0.951. The molecule has 1 saturated heterocycles. The fourth-order valence-corrected chi connectivity index (χ4v) is 4.25. The van der Waals surface area contributed by atoms with Crippen LogP contribution in [-0.4, -0.2) is 46.5 Å². The number of carbonyl (C=O) groups is 3. The standard InChI is InChI=1S/C29H27NO7/c1-3-14-37-23-9-5-7-21(16-23)26(32)24-25(20-6-4-8-22(31)15-20)30(28(34)27(24)33)17-18-10-12-19(13-11-18)29(35)36-2/h4-13,15-16,25,31-32H,3,14,17H2,1-2H3/b26-24+. The summed E-state index contributed by atoms with van der Waals surface area (Å²) in [5.41, 5.74) is 1.72. The average Bonchev–Trinajstić information content (AvgIpc) is 3.16. The quantitative estimate of drug-likeness (QED) is 0.201. The topological polar surface area (TPSA) is 113 Å². The second-order valence-electron chi connectivity index (χ2n) is 8.59. The first kappa shape index (κ1) is 25.5. The molecular weight excluding hydrogens is 474 g/mol. The van der Waals surface area contributed by atoms with Crippen LogP contribution in [0.25, 0.3) is 5.76 Å². The molecule has 3 aromatic carbocycles. The Balaban J connectivity index is 1.78. The van der Waals surface area contributed by atoms with Crippen molar-refractivity contribution >= 4 is 23.4 Å². The molecule has 4 rings (SSSR count). The summed E-state index contributed by atoms with van der Waals surface area (Å²) in [6.45, 7) is 2.50. The molecule has 8 nitrogen and oxygen atoms in total. The van der Waals surface area contributed by atoms with Gasteiger partial charge in [-0.25, -0.2) is 4.79 Å². The van der Waals surface area contributed by atoms with E-state index in [1.165, 1.54) is 24.1 Å². The number of phenolic OH excluding ortho intramolecular Hbond substituents is 1. The van der Waals surface area contributed by atoms with E-state index in [2.05, 4.69) is 0 Å². The van der Waals surface area contributed by atoms with Gasteiger partial charge in [-0.15, -0.1) is 0 Å². The van der Waals surface area contributed by atoms with E-state index in [4.69, 9.17) is 9.47 Å². The van der Waals surface area contributed by atoms with E-state index in [-0.39, 0.29) is 23.6 Å². The molecule has 2 N–H and O–H groups in total. The average molecular weight is 502 g/mol. The first-order valence-corrected chi connectivity index (χ1v) is 11.8. The molecule has 0 spiro atoms. The molecule has 0 saturated carbocycles. The SMILES string of the molecule is CCCOc1cccc(/C(O)=C2\C(=O)C(=O)N(Cc3ccc(C(=O)OC)cc3)C2c2cccc(O)c2)c1. The van der Waals surface area contributed by atoms with Gasteiger partial charge in [-0.2, -0.15) is 0 Å². The third kappa shape index (κ3) is 5.33.